The first-order valence-electron chi connectivity index (χ1n) is 21.9. The van der Waals surface area contributed by atoms with Gasteiger partial charge in [-0.3, -0.25) is 4.79 Å². The fourth-order valence-electron chi connectivity index (χ4n) is 6.12. The minimum absolute atomic E-state index is 0.176. The molecule has 0 aromatic heterocycles. The van der Waals surface area contributed by atoms with Crippen LogP contribution in [0, 0.1) is 0 Å². The van der Waals surface area contributed by atoms with Crippen molar-refractivity contribution in [1.82, 2.24) is 0 Å². The molecule has 0 aromatic rings. The SMILES string of the molecule is CC/C=C\C/C=C\C/C=C\C/C=C\C/C=C\CCCCCCCCCC(=O)OC(CO)COCCCCCCCCCCCCCCCCCC. The molecular weight excluding hydrogens is 629 g/mol. The standard InChI is InChI=1S/C47H84O4/c1-3-5-7-9-11-13-15-17-19-21-22-23-24-25-26-27-28-30-32-34-36-38-40-42-47(49)51-46(44-48)45-50-43-41-39-37-35-33-31-29-20-18-16-14-12-10-8-6-4-2/h5,7,11,13,17,19,22-23,25-26,46,48H,3-4,6,8-10,12,14-16,18,20-21,24,27-45H2,1-2H3/b7-5-,13-11-,19-17-,23-22-,26-25-. The highest BCUT2D eigenvalue weighted by molar-refractivity contribution is 5.69. The number of rotatable bonds is 40. The first-order valence-corrected chi connectivity index (χ1v) is 21.9. The lowest BCUT2D eigenvalue weighted by Crippen LogP contribution is -2.27. The topological polar surface area (TPSA) is 55.8 Å². The van der Waals surface area contributed by atoms with Crippen LogP contribution >= 0.6 is 0 Å². The second-order valence-electron chi connectivity index (χ2n) is 14.4. The van der Waals surface area contributed by atoms with Crippen molar-refractivity contribution in [1.29, 1.82) is 0 Å². The average molecular weight is 713 g/mol. The number of aliphatic hydroxyl groups is 1. The smallest absolute Gasteiger partial charge is 0.306 e. The maximum Gasteiger partial charge on any atom is 0.306 e. The number of allylic oxidation sites excluding steroid dienone is 10. The van der Waals surface area contributed by atoms with Gasteiger partial charge in [0.1, 0.15) is 6.10 Å². The molecule has 0 saturated carbocycles. The zero-order valence-corrected chi connectivity index (χ0v) is 33.9. The highest BCUT2D eigenvalue weighted by atomic mass is 16.6. The summed E-state index contributed by atoms with van der Waals surface area (Å²) in [6, 6.07) is 0. The molecule has 4 heteroatoms. The van der Waals surface area contributed by atoms with E-state index in [1.165, 1.54) is 128 Å². The number of hydrogen-bond donors (Lipinski definition) is 1. The molecule has 51 heavy (non-hydrogen) atoms. The first-order chi connectivity index (χ1) is 25.2. The number of hydrogen-bond acceptors (Lipinski definition) is 4. The van der Waals surface area contributed by atoms with Crippen molar-refractivity contribution in [2.45, 2.75) is 213 Å². The number of esters is 1. The Labute approximate surface area is 317 Å². The molecule has 0 aliphatic heterocycles. The van der Waals surface area contributed by atoms with E-state index in [1.807, 2.05) is 0 Å². The zero-order valence-electron chi connectivity index (χ0n) is 33.9. The number of ether oxygens (including phenoxy) is 2. The van der Waals surface area contributed by atoms with Crippen molar-refractivity contribution in [3.05, 3.63) is 60.8 Å². The number of aliphatic hydroxyl groups excluding tert-OH is 1. The molecule has 1 N–H and O–H groups in total. The summed E-state index contributed by atoms with van der Waals surface area (Å²) in [6.07, 6.45) is 58.5. The van der Waals surface area contributed by atoms with Crippen LogP contribution in [0.25, 0.3) is 0 Å². The largest absolute Gasteiger partial charge is 0.457 e. The van der Waals surface area contributed by atoms with Gasteiger partial charge in [-0.15, -0.1) is 0 Å². The molecule has 1 unspecified atom stereocenters. The lowest BCUT2D eigenvalue weighted by atomic mass is 10.0. The third-order valence-corrected chi connectivity index (χ3v) is 9.36. The summed E-state index contributed by atoms with van der Waals surface area (Å²) in [4.78, 5) is 12.2. The molecule has 0 bridgehead atoms. The van der Waals surface area contributed by atoms with E-state index in [9.17, 15) is 9.90 Å². The van der Waals surface area contributed by atoms with Crippen LogP contribution in [0.15, 0.2) is 60.8 Å². The molecule has 4 nitrogen and oxygen atoms in total. The summed E-state index contributed by atoms with van der Waals surface area (Å²) >= 11 is 0. The van der Waals surface area contributed by atoms with Crippen LogP contribution in [0.2, 0.25) is 0 Å². The molecular formula is C47H84O4. The average Bonchev–Trinajstić information content (AvgIpc) is 3.14. The Bertz CT molecular complexity index is 839. The molecule has 0 saturated heterocycles. The lowest BCUT2D eigenvalue weighted by Gasteiger charge is -2.16. The van der Waals surface area contributed by atoms with Crippen LogP contribution < -0.4 is 0 Å². The molecule has 0 spiro atoms. The second kappa shape index (κ2) is 44.3. The van der Waals surface area contributed by atoms with E-state index >= 15 is 0 Å². The van der Waals surface area contributed by atoms with Crippen molar-refractivity contribution in [3.8, 4) is 0 Å². The van der Waals surface area contributed by atoms with Crippen molar-refractivity contribution in [3.63, 3.8) is 0 Å². The molecule has 1 atom stereocenters. The summed E-state index contributed by atoms with van der Waals surface area (Å²) in [5, 5.41) is 9.61. The fourth-order valence-corrected chi connectivity index (χ4v) is 6.12. The third-order valence-electron chi connectivity index (χ3n) is 9.36. The van der Waals surface area contributed by atoms with Crippen molar-refractivity contribution >= 4 is 5.97 Å². The molecule has 0 aliphatic rings. The predicted octanol–water partition coefficient (Wildman–Crippen LogP) is 14.4. The van der Waals surface area contributed by atoms with Crippen LogP contribution in [-0.4, -0.2) is 37.0 Å². The molecule has 0 heterocycles. The first kappa shape index (κ1) is 49.1. The van der Waals surface area contributed by atoms with E-state index in [0.717, 1.165) is 57.8 Å². The molecule has 0 aliphatic carbocycles. The van der Waals surface area contributed by atoms with E-state index in [4.69, 9.17) is 9.47 Å². The van der Waals surface area contributed by atoms with Crippen molar-refractivity contribution in [2.24, 2.45) is 0 Å². The van der Waals surface area contributed by atoms with Gasteiger partial charge in [0.2, 0.25) is 0 Å². The van der Waals surface area contributed by atoms with Gasteiger partial charge >= 0.3 is 5.97 Å². The monoisotopic (exact) mass is 713 g/mol. The van der Waals surface area contributed by atoms with E-state index < -0.39 is 6.10 Å². The van der Waals surface area contributed by atoms with Gasteiger partial charge in [-0.1, -0.05) is 203 Å². The van der Waals surface area contributed by atoms with Gasteiger partial charge in [-0.05, 0) is 57.8 Å². The highest BCUT2D eigenvalue weighted by Gasteiger charge is 2.13. The lowest BCUT2D eigenvalue weighted by molar-refractivity contribution is -0.154. The van der Waals surface area contributed by atoms with Crippen LogP contribution in [0.5, 0.6) is 0 Å². The van der Waals surface area contributed by atoms with Gasteiger partial charge in [0.05, 0.1) is 13.2 Å². The molecule has 0 rings (SSSR count). The zero-order chi connectivity index (χ0) is 37.0. The van der Waals surface area contributed by atoms with Gasteiger partial charge in [0, 0.05) is 13.0 Å². The minimum Gasteiger partial charge on any atom is -0.457 e. The van der Waals surface area contributed by atoms with Crippen LogP contribution in [0.1, 0.15) is 206 Å². The van der Waals surface area contributed by atoms with Crippen LogP contribution in [0.4, 0.5) is 0 Å². The number of carbonyl (C=O) groups is 1. The van der Waals surface area contributed by atoms with E-state index in [0.29, 0.717) is 19.6 Å². The highest BCUT2D eigenvalue weighted by Crippen LogP contribution is 2.14. The Morgan fingerprint density at radius 3 is 1.33 bits per heavy atom. The Hall–Kier alpha value is -1.91. The molecule has 0 aromatic carbocycles. The van der Waals surface area contributed by atoms with Gasteiger partial charge < -0.3 is 14.6 Å². The maximum absolute atomic E-state index is 12.2. The Balaban J connectivity index is 3.47. The van der Waals surface area contributed by atoms with Crippen LogP contribution in [0.3, 0.4) is 0 Å². The maximum atomic E-state index is 12.2. The van der Waals surface area contributed by atoms with E-state index in [2.05, 4.69) is 74.6 Å². The summed E-state index contributed by atoms with van der Waals surface area (Å²) < 4.78 is 11.2. The van der Waals surface area contributed by atoms with E-state index in [-0.39, 0.29) is 12.6 Å². The predicted molar refractivity (Wildman–Crippen MR) is 223 cm³/mol. The van der Waals surface area contributed by atoms with Gasteiger partial charge in [0.25, 0.3) is 0 Å². The second-order valence-corrected chi connectivity index (χ2v) is 14.4. The Morgan fingerprint density at radius 1 is 0.490 bits per heavy atom. The van der Waals surface area contributed by atoms with Crippen LogP contribution in [-0.2, 0) is 14.3 Å². The summed E-state index contributed by atoms with van der Waals surface area (Å²) in [7, 11) is 0. The van der Waals surface area contributed by atoms with Crippen molar-refractivity contribution in [2.75, 3.05) is 19.8 Å². The van der Waals surface area contributed by atoms with Gasteiger partial charge in [0.15, 0.2) is 0 Å². The fraction of sp³-hybridized carbons (Fsp3) is 0.766. The Morgan fingerprint density at radius 2 is 0.882 bits per heavy atom. The minimum atomic E-state index is -0.540. The summed E-state index contributed by atoms with van der Waals surface area (Å²) in [5.74, 6) is -0.211. The molecule has 0 amide bonds. The van der Waals surface area contributed by atoms with Gasteiger partial charge in [-0.2, -0.15) is 0 Å². The van der Waals surface area contributed by atoms with Gasteiger partial charge in [-0.25, -0.2) is 0 Å². The summed E-state index contributed by atoms with van der Waals surface area (Å²) in [5.41, 5.74) is 0. The Kier molecular flexibility index (Phi) is 42.6. The molecule has 0 radical (unpaired) electrons. The molecule has 296 valence electrons. The van der Waals surface area contributed by atoms with Crippen molar-refractivity contribution < 1.29 is 19.4 Å². The third kappa shape index (κ3) is 42.4. The summed E-state index contributed by atoms with van der Waals surface area (Å²) in [6.45, 7) is 5.24. The molecule has 0 fully saturated rings. The van der Waals surface area contributed by atoms with E-state index in [1.54, 1.807) is 0 Å². The number of carbonyl (C=O) groups excluding carboxylic acids is 1. The number of unbranched alkanes of at least 4 members (excludes halogenated alkanes) is 22. The quantitative estimate of drug-likeness (QED) is 0.0390. The normalized spacial score (nSPS) is 12.9.